The Hall–Kier alpha value is -6.12. The normalized spacial score (nSPS) is 17.0. The molecule has 13 nitrogen and oxygen atoms in total. The molecule has 0 radical (unpaired) electrons. The predicted molar refractivity (Wildman–Crippen MR) is 217 cm³/mol. The molecule has 21 heteroatoms. The molecule has 2 aliphatic rings. The van der Waals surface area contributed by atoms with Gasteiger partial charge in [-0.2, -0.15) is 18.6 Å². The Bertz CT molecular complexity index is 2790. The smallest absolute Gasteiger partial charge is 0.293 e. The lowest BCUT2D eigenvalue weighted by Crippen LogP contribution is -2.38. The Morgan fingerprint density at radius 1 is 1.11 bits per heavy atom. The lowest BCUT2D eigenvalue weighted by atomic mass is 10.0. The molecule has 3 aromatic heterocycles. The summed E-state index contributed by atoms with van der Waals surface area (Å²) >= 11 is 4.84. The van der Waals surface area contributed by atoms with E-state index >= 15 is 8.78 Å². The number of halogens is 7. The van der Waals surface area contributed by atoms with E-state index < -0.39 is 94.9 Å². The fraction of sp³-hybridized carbons (Fsp3) is 0.268. The Kier molecular flexibility index (Phi) is 11.4. The molecule has 8 rings (SSSR count). The maximum atomic E-state index is 15.5. The summed E-state index contributed by atoms with van der Waals surface area (Å²) in [5, 5.41) is 18.0. The lowest BCUT2D eigenvalue weighted by molar-refractivity contribution is -0.123. The number of hydrogen-bond acceptors (Lipinski definition) is 9. The van der Waals surface area contributed by atoms with Crippen LogP contribution in [0.3, 0.4) is 0 Å². The third kappa shape index (κ3) is 8.04. The Morgan fingerprint density at radius 3 is 2.55 bits per heavy atom. The van der Waals surface area contributed by atoms with Crippen LogP contribution in [0.2, 0.25) is 5.02 Å². The van der Waals surface area contributed by atoms with Gasteiger partial charge < -0.3 is 19.9 Å². The van der Waals surface area contributed by atoms with Gasteiger partial charge in [-0.3, -0.25) is 29.2 Å². The number of benzene rings is 3. The number of rotatable bonds is 14. The Labute approximate surface area is 356 Å². The zero-order chi connectivity index (χ0) is 44.2. The molecule has 0 saturated heterocycles. The van der Waals surface area contributed by atoms with E-state index in [1.807, 2.05) is 0 Å². The zero-order valence-corrected chi connectivity index (χ0v) is 34.1. The van der Waals surface area contributed by atoms with Crippen LogP contribution < -0.4 is 25.7 Å². The van der Waals surface area contributed by atoms with Crippen molar-refractivity contribution in [2.24, 2.45) is 5.92 Å². The minimum Gasteiger partial charge on any atom is -0.593 e. The summed E-state index contributed by atoms with van der Waals surface area (Å²) in [5.41, 5.74) is -2.05. The summed E-state index contributed by atoms with van der Waals surface area (Å²) in [6.45, 7) is -0.947. The van der Waals surface area contributed by atoms with E-state index in [-0.39, 0.29) is 68.6 Å². The molecule has 1 amide bonds. The first-order valence-corrected chi connectivity index (χ1v) is 20.8. The number of carbonyl (C=O) groups excluding carboxylic acids is 1. The number of anilines is 1. The molecule has 0 aliphatic heterocycles. The standard InChI is InChI=1S/C41H34ClF6N9O4S/c1-50-34-30(9-8-27(42)33(34)38(49)55-62(2)60)57-39(53-28-15-23(6-7-24(28)40(57)59)61-18-22-5-3-4-10-51-22)29(13-19-11-20(43)14-21(44)12-19)52-31(58)17-56-36-32(35(54-56)37(45)46)25-16-26(25)41(36,47)48/h3-12,14-15,25-26,29,37,50H,13,16-18H2,1-2H3,(H2,49,55)(H,52,58). The number of pyridine rings is 1. The van der Waals surface area contributed by atoms with Crippen molar-refractivity contribution in [1.82, 2.24) is 34.4 Å². The van der Waals surface area contributed by atoms with Crippen LogP contribution in [0.25, 0.3) is 16.6 Å². The molecule has 0 bridgehead atoms. The third-order valence-corrected chi connectivity index (χ3v) is 11.4. The molecule has 1 saturated carbocycles. The van der Waals surface area contributed by atoms with Gasteiger partial charge in [-0.25, -0.2) is 22.5 Å². The molecule has 322 valence electrons. The molecule has 6 aromatic rings. The SMILES string of the molecule is CNc1c(-n2c(C(Cc3cc(F)cc(F)c3)NC(=O)Cn3nc(C(F)F)c4c3C(F)(F)C3CC43)nc3cc(OCc4ccccn4)ccc3c2=O)ccc(Cl)c1C(=N)N[S+](C)[O-]. The van der Waals surface area contributed by atoms with E-state index in [2.05, 4.69) is 25.4 Å². The molecule has 4 unspecified atom stereocenters. The van der Waals surface area contributed by atoms with Crippen LogP contribution in [-0.4, -0.2) is 53.9 Å². The van der Waals surface area contributed by atoms with Crippen LogP contribution in [-0.2, 0) is 41.7 Å². The first-order chi connectivity index (χ1) is 29.5. The van der Waals surface area contributed by atoms with Crippen molar-refractivity contribution in [3.63, 3.8) is 0 Å². The third-order valence-electron chi connectivity index (χ3n) is 10.6. The fourth-order valence-electron chi connectivity index (χ4n) is 7.95. The second-order valence-corrected chi connectivity index (χ2v) is 16.2. The van der Waals surface area contributed by atoms with Gasteiger partial charge in [0.2, 0.25) is 5.91 Å². The molecule has 1 fully saturated rings. The van der Waals surface area contributed by atoms with Gasteiger partial charge in [-0.15, -0.1) is 0 Å². The Balaban J connectivity index is 1.30. The van der Waals surface area contributed by atoms with Gasteiger partial charge in [0.1, 0.15) is 54.0 Å². The minimum absolute atomic E-state index is 0.000208. The predicted octanol–water partition coefficient (Wildman–Crippen LogP) is 6.98. The number of amidine groups is 1. The maximum Gasteiger partial charge on any atom is 0.293 e. The van der Waals surface area contributed by atoms with Crippen molar-refractivity contribution in [2.45, 2.75) is 50.3 Å². The van der Waals surface area contributed by atoms with Crippen molar-refractivity contribution in [3.8, 4) is 11.4 Å². The number of aromatic nitrogens is 5. The number of fused-ring (bicyclic) bond motifs is 4. The average Bonchev–Trinajstić information content (AvgIpc) is 3.87. The molecule has 4 atom stereocenters. The van der Waals surface area contributed by atoms with Crippen molar-refractivity contribution >= 4 is 51.3 Å². The summed E-state index contributed by atoms with van der Waals surface area (Å²) in [7, 11) is 1.46. The van der Waals surface area contributed by atoms with Crippen molar-refractivity contribution in [2.75, 3.05) is 18.6 Å². The molecule has 3 aromatic carbocycles. The first kappa shape index (κ1) is 42.6. The highest BCUT2D eigenvalue weighted by Crippen LogP contribution is 2.68. The summed E-state index contributed by atoms with van der Waals surface area (Å²) < 4.78 is 111. The average molecular weight is 898 g/mol. The fourth-order valence-corrected chi connectivity index (χ4v) is 8.59. The van der Waals surface area contributed by atoms with E-state index in [1.165, 1.54) is 43.6 Å². The van der Waals surface area contributed by atoms with Crippen LogP contribution in [0.4, 0.5) is 32.0 Å². The van der Waals surface area contributed by atoms with Crippen LogP contribution in [0.1, 0.15) is 64.4 Å². The van der Waals surface area contributed by atoms with E-state index in [9.17, 15) is 31.7 Å². The number of carbonyl (C=O) groups is 1. The monoisotopic (exact) mass is 897 g/mol. The van der Waals surface area contributed by atoms with Gasteiger partial charge in [0.15, 0.2) is 5.84 Å². The van der Waals surface area contributed by atoms with Crippen molar-refractivity contribution in [1.29, 1.82) is 5.41 Å². The van der Waals surface area contributed by atoms with E-state index in [4.69, 9.17) is 26.7 Å². The quantitative estimate of drug-likeness (QED) is 0.0389. The minimum atomic E-state index is -3.54. The van der Waals surface area contributed by atoms with E-state index in [1.54, 1.807) is 24.4 Å². The first-order valence-electron chi connectivity index (χ1n) is 18.9. The number of ether oxygens (including phenoxy) is 1. The second-order valence-electron chi connectivity index (χ2n) is 14.7. The second kappa shape index (κ2) is 16.6. The van der Waals surface area contributed by atoms with Crippen LogP contribution in [0.5, 0.6) is 5.75 Å². The van der Waals surface area contributed by atoms with Crippen molar-refractivity contribution in [3.05, 3.63) is 140 Å². The number of amides is 1. The van der Waals surface area contributed by atoms with E-state index in [0.717, 1.165) is 16.7 Å². The largest absolute Gasteiger partial charge is 0.593 e. The molecular weight excluding hydrogens is 864 g/mol. The highest BCUT2D eigenvalue weighted by molar-refractivity contribution is 7.89. The lowest BCUT2D eigenvalue weighted by Gasteiger charge is -2.25. The van der Waals surface area contributed by atoms with E-state index in [0.29, 0.717) is 16.4 Å². The highest BCUT2D eigenvalue weighted by Gasteiger charge is 2.67. The van der Waals surface area contributed by atoms with Gasteiger partial charge in [-0.1, -0.05) is 17.7 Å². The molecule has 2 aliphatic carbocycles. The highest BCUT2D eigenvalue weighted by atomic mass is 35.5. The topological polar surface area (TPSA) is 175 Å². The van der Waals surface area contributed by atoms with Gasteiger partial charge in [0.25, 0.3) is 17.9 Å². The maximum absolute atomic E-state index is 15.5. The van der Waals surface area contributed by atoms with Crippen LogP contribution in [0.15, 0.2) is 77.7 Å². The zero-order valence-electron chi connectivity index (χ0n) is 32.5. The summed E-state index contributed by atoms with van der Waals surface area (Å²) in [4.78, 5) is 38.0. The molecule has 3 heterocycles. The van der Waals surface area contributed by atoms with Crippen molar-refractivity contribution < 1.29 is 40.4 Å². The molecule has 4 N–H and O–H groups in total. The van der Waals surface area contributed by atoms with Gasteiger partial charge in [0.05, 0.1) is 56.0 Å². The Morgan fingerprint density at radius 2 is 1.87 bits per heavy atom. The summed E-state index contributed by atoms with van der Waals surface area (Å²) in [6.07, 6.45) is -0.797. The number of nitrogens with one attached hydrogen (secondary N) is 4. The molecule has 0 spiro atoms. The van der Waals surface area contributed by atoms with Gasteiger partial charge >= 0.3 is 0 Å². The number of nitrogens with zero attached hydrogens (tertiary/aromatic N) is 5. The summed E-state index contributed by atoms with van der Waals surface area (Å²) in [5.74, 6) is -8.99. The van der Waals surface area contributed by atoms with Crippen LogP contribution >= 0.6 is 11.6 Å². The molecule has 62 heavy (non-hydrogen) atoms. The molecular formula is C41H34ClF6N9O4S. The van der Waals surface area contributed by atoms with Crippen LogP contribution in [0, 0.1) is 23.0 Å². The van der Waals surface area contributed by atoms with Gasteiger partial charge in [-0.05, 0) is 66.4 Å². The van der Waals surface area contributed by atoms with Gasteiger partial charge in [0, 0.05) is 43.3 Å². The summed E-state index contributed by atoms with van der Waals surface area (Å²) in [6, 6.07) is 13.5. The number of hydrogen-bond donors (Lipinski definition) is 4. The number of alkyl halides is 4.